The molecule has 9 heteroatoms. The highest BCUT2D eigenvalue weighted by Crippen LogP contribution is 2.20. The number of urea groups is 1. The number of rotatable bonds is 3. The first-order chi connectivity index (χ1) is 9.80. The fourth-order valence-corrected chi connectivity index (χ4v) is 4.43. The lowest BCUT2D eigenvalue weighted by molar-refractivity contribution is -0.138. The van der Waals surface area contributed by atoms with Crippen molar-refractivity contribution in [2.75, 3.05) is 37.8 Å². The molecule has 0 aromatic heterocycles. The minimum atomic E-state index is -3.18. The fraction of sp³-hybridized carbons (Fsp3) is 0.833. The topological polar surface area (TPSA) is 104 Å². The van der Waals surface area contributed by atoms with E-state index in [1.165, 1.54) is 4.90 Å². The second kappa shape index (κ2) is 6.18. The molecule has 2 aliphatic rings. The Hall–Kier alpha value is -1.35. The first kappa shape index (κ1) is 16.0. The van der Waals surface area contributed by atoms with Crippen LogP contribution >= 0.6 is 0 Å². The van der Waals surface area contributed by atoms with Gasteiger partial charge in [0.2, 0.25) is 0 Å². The summed E-state index contributed by atoms with van der Waals surface area (Å²) in [6, 6.07) is -1.13. The Bertz CT molecular complexity index is 520. The van der Waals surface area contributed by atoms with Crippen LogP contribution in [0.1, 0.15) is 13.3 Å². The molecule has 2 atom stereocenters. The van der Waals surface area contributed by atoms with Gasteiger partial charge < -0.3 is 19.6 Å². The van der Waals surface area contributed by atoms with Gasteiger partial charge >= 0.3 is 12.0 Å². The van der Waals surface area contributed by atoms with Crippen LogP contribution in [0.5, 0.6) is 0 Å². The maximum Gasteiger partial charge on any atom is 0.323 e. The van der Waals surface area contributed by atoms with E-state index in [0.717, 1.165) is 0 Å². The summed E-state index contributed by atoms with van der Waals surface area (Å²) in [5.41, 5.74) is 0. The third-order valence-electron chi connectivity index (χ3n) is 3.81. The van der Waals surface area contributed by atoms with E-state index >= 15 is 0 Å². The van der Waals surface area contributed by atoms with Crippen LogP contribution in [-0.2, 0) is 19.4 Å². The Labute approximate surface area is 123 Å². The Morgan fingerprint density at radius 3 is 2.67 bits per heavy atom. The van der Waals surface area contributed by atoms with Crippen molar-refractivity contribution < 1.29 is 27.9 Å². The molecule has 1 N–H and O–H groups in total. The van der Waals surface area contributed by atoms with Crippen LogP contribution in [0.3, 0.4) is 0 Å². The van der Waals surface area contributed by atoms with Gasteiger partial charge in [-0.25, -0.2) is 13.2 Å². The quantitative estimate of drug-likeness (QED) is 0.745. The van der Waals surface area contributed by atoms with Crippen molar-refractivity contribution in [3.8, 4) is 0 Å². The Morgan fingerprint density at radius 2 is 2.14 bits per heavy atom. The highest BCUT2D eigenvalue weighted by atomic mass is 32.2. The summed E-state index contributed by atoms with van der Waals surface area (Å²) >= 11 is 0. The molecule has 0 aromatic carbocycles. The van der Waals surface area contributed by atoms with Gasteiger partial charge in [0.05, 0.1) is 30.8 Å². The highest BCUT2D eigenvalue weighted by Gasteiger charge is 2.38. The van der Waals surface area contributed by atoms with E-state index in [0.29, 0.717) is 26.2 Å². The molecule has 0 saturated carbocycles. The first-order valence-corrected chi connectivity index (χ1v) is 8.69. The molecule has 2 saturated heterocycles. The Balaban J connectivity index is 2.15. The standard InChI is InChI=1S/C12H20N2O6S/c1-9-7-20-4-3-13(9)12(17)14(6-11(15)16)10-2-5-21(18,19)8-10/h9-10H,2-8H2,1H3,(H,15,16). The van der Waals surface area contributed by atoms with E-state index in [4.69, 9.17) is 9.84 Å². The maximum absolute atomic E-state index is 12.6. The number of carboxylic acids is 1. The molecule has 120 valence electrons. The van der Waals surface area contributed by atoms with Gasteiger partial charge in [0, 0.05) is 12.6 Å². The van der Waals surface area contributed by atoms with Crippen LogP contribution in [0.4, 0.5) is 4.79 Å². The normalized spacial score (nSPS) is 28.3. The molecule has 2 fully saturated rings. The molecule has 0 aromatic rings. The van der Waals surface area contributed by atoms with E-state index in [-0.39, 0.29) is 17.5 Å². The van der Waals surface area contributed by atoms with Gasteiger partial charge in [-0.2, -0.15) is 0 Å². The van der Waals surface area contributed by atoms with Crippen LogP contribution in [0.25, 0.3) is 0 Å². The predicted octanol–water partition coefficient (Wildman–Crippen LogP) is -0.599. The fourth-order valence-electron chi connectivity index (χ4n) is 2.70. The van der Waals surface area contributed by atoms with Gasteiger partial charge in [0.15, 0.2) is 9.84 Å². The van der Waals surface area contributed by atoms with Gasteiger partial charge in [-0.05, 0) is 13.3 Å². The number of aliphatic carboxylic acids is 1. The molecule has 2 heterocycles. The predicted molar refractivity (Wildman–Crippen MR) is 73.8 cm³/mol. The summed E-state index contributed by atoms with van der Waals surface area (Å²) in [6.07, 6.45) is 0.292. The third kappa shape index (κ3) is 3.85. The van der Waals surface area contributed by atoms with Gasteiger partial charge in [0.1, 0.15) is 6.54 Å². The summed E-state index contributed by atoms with van der Waals surface area (Å²) < 4.78 is 28.4. The second-order valence-electron chi connectivity index (χ2n) is 5.48. The largest absolute Gasteiger partial charge is 0.480 e. The van der Waals surface area contributed by atoms with Gasteiger partial charge in [-0.3, -0.25) is 4.79 Å². The zero-order valence-electron chi connectivity index (χ0n) is 11.9. The number of carbonyl (C=O) groups is 2. The van der Waals surface area contributed by atoms with Crippen LogP contribution in [0.15, 0.2) is 0 Å². The van der Waals surface area contributed by atoms with Crippen molar-refractivity contribution in [3.05, 3.63) is 0 Å². The van der Waals surface area contributed by atoms with Crippen molar-refractivity contribution in [2.45, 2.75) is 25.4 Å². The summed E-state index contributed by atoms with van der Waals surface area (Å²) in [7, 11) is -3.18. The number of sulfone groups is 1. The molecule has 2 unspecified atom stereocenters. The monoisotopic (exact) mass is 320 g/mol. The van der Waals surface area contributed by atoms with Crippen molar-refractivity contribution in [2.24, 2.45) is 0 Å². The van der Waals surface area contributed by atoms with Crippen LogP contribution < -0.4 is 0 Å². The van der Waals surface area contributed by atoms with Crippen molar-refractivity contribution in [1.29, 1.82) is 0 Å². The number of carbonyl (C=O) groups excluding carboxylic acids is 1. The summed E-state index contributed by atoms with van der Waals surface area (Å²) in [4.78, 5) is 26.3. The molecule has 2 amide bonds. The van der Waals surface area contributed by atoms with Crippen LogP contribution in [0.2, 0.25) is 0 Å². The van der Waals surface area contributed by atoms with E-state index in [1.54, 1.807) is 4.90 Å². The van der Waals surface area contributed by atoms with Gasteiger partial charge in [-0.15, -0.1) is 0 Å². The van der Waals surface area contributed by atoms with Crippen molar-refractivity contribution in [1.82, 2.24) is 9.80 Å². The molecule has 0 spiro atoms. The number of nitrogens with zero attached hydrogens (tertiary/aromatic N) is 2. The molecule has 0 bridgehead atoms. The number of carboxylic acid groups (broad SMARTS) is 1. The second-order valence-corrected chi connectivity index (χ2v) is 7.71. The maximum atomic E-state index is 12.6. The number of ether oxygens (including phenoxy) is 1. The summed E-state index contributed by atoms with van der Waals surface area (Å²) in [5, 5.41) is 9.00. The molecular formula is C12H20N2O6S. The lowest BCUT2D eigenvalue weighted by atomic mass is 10.2. The van der Waals surface area contributed by atoms with E-state index in [9.17, 15) is 18.0 Å². The zero-order valence-corrected chi connectivity index (χ0v) is 12.7. The van der Waals surface area contributed by atoms with Gasteiger partial charge in [0.25, 0.3) is 0 Å². The van der Waals surface area contributed by atoms with Crippen molar-refractivity contribution >= 4 is 21.8 Å². The molecule has 8 nitrogen and oxygen atoms in total. The molecule has 0 aliphatic carbocycles. The lowest BCUT2D eigenvalue weighted by Gasteiger charge is -2.38. The average molecular weight is 320 g/mol. The Kier molecular flexibility index (Phi) is 4.72. The number of amides is 2. The summed E-state index contributed by atoms with van der Waals surface area (Å²) in [5.74, 6) is -1.31. The number of morpholine rings is 1. The number of hydrogen-bond acceptors (Lipinski definition) is 5. The lowest BCUT2D eigenvalue weighted by Crippen LogP contribution is -2.56. The van der Waals surface area contributed by atoms with Crippen LogP contribution in [0, 0.1) is 0 Å². The van der Waals surface area contributed by atoms with E-state index in [2.05, 4.69) is 0 Å². The third-order valence-corrected chi connectivity index (χ3v) is 5.56. The first-order valence-electron chi connectivity index (χ1n) is 6.87. The Morgan fingerprint density at radius 1 is 1.43 bits per heavy atom. The SMILES string of the molecule is CC1COCCN1C(=O)N(CC(=O)O)C1CCS(=O)(=O)C1. The minimum Gasteiger partial charge on any atom is -0.480 e. The highest BCUT2D eigenvalue weighted by molar-refractivity contribution is 7.91. The molecule has 0 radical (unpaired) electrons. The molecule has 2 aliphatic heterocycles. The van der Waals surface area contributed by atoms with Crippen molar-refractivity contribution in [3.63, 3.8) is 0 Å². The summed E-state index contributed by atoms with van der Waals surface area (Å²) in [6.45, 7) is 2.52. The molecule has 2 rings (SSSR count). The molecule has 21 heavy (non-hydrogen) atoms. The van der Waals surface area contributed by atoms with Gasteiger partial charge in [-0.1, -0.05) is 0 Å². The van der Waals surface area contributed by atoms with Crippen LogP contribution in [-0.4, -0.2) is 85.2 Å². The minimum absolute atomic E-state index is 0.000267. The van der Waals surface area contributed by atoms with E-state index < -0.39 is 34.4 Å². The van der Waals surface area contributed by atoms with E-state index in [1.807, 2.05) is 6.92 Å². The number of hydrogen-bond donors (Lipinski definition) is 1. The average Bonchev–Trinajstić information content (AvgIpc) is 2.76. The zero-order chi connectivity index (χ0) is 15.6. The molecular weight excluding hydrogens is 300 g/mol. The smallest absolute Gasteiger partial charge is 0.323 e.